The summed E-state index contributed by atoms with van der Waals surface area (Å²) in [6.07, 6.45) is -4.55. The number of likely N-dealkylation sites (N-methyl/N-ethyl adjacent to an activating group) is 1. The summed E-state index contributed by atoms with van der Waals surface area (Å²) in [5.41, 5.74) is 4.25. The lowest BCUT2D eigenvalue weighted by Gasteiger charge is -2.32. The number of nitrogens with two attached hydrogens (primary N) is 1. The number of aromatic nitrogens is 1. The van der Waals surface area contributed by atoms with E-state index in [1.807, 2.05) is 32.8 Å². The van der Waals surface area contributed by atoms with Gasteiger partial charge in [-0.2, -0.15) is 13.2 Å². The second kappa shape index (κ2) is 6.15. The van der Waals surface area contributed by atoms with Gasteiger partial charge < -0.3 is 15.4 Å². The van der Waals surface area contributed by atoms with Crippen molar-refractivity contribution in [1.29, 1.82) is 0 Å². The van der Waals surface area contributed by atoms with Crippen LogP contribution in [-0.2, 0) is 6.18 Å². The number of nitrogens with zero attached hydrogens (tertiary/aromatic N) is 2. The van der Waals surface area contributed by atoms with Crippen LogP contribution >= 0.6 is 12.2 Å². The summed E-state index contributed by atoms with van der Waals surface area (Å²) < 4.78 is 43.6. The molecule has 21 heavy (non-hydrogen) atoms. The van der Waals surface area contributed by atoms with E-state index in [1.54, 1.807) is 0 Å². The molecule has 1 rings (SSSR count). The van der Waals surface area contributed by atoms with Gasteiger partial charge in [0.25, 0.3) is 0 Å². The van der Waals surface area contributed by atoms with Gasteiger partial charge >= 0.3 is 6.18 Å². The maximum absolute atomic E-state index is 12.7. The van der Waals surface area contributed by atoms with Crippen LogP contribution in [0.5, 0.6) is 5.88 Å². The molecule has 0 amide bonds. The fourth-order valence-corrected chi connectivity index (χ4v) is 1.43. The maximum Gasteiger partial charge on any atom is 0.433 e. The van der Waals surface area contributed by atoms with Crippen LogP contribution in [0.25, 0.3) is 0 Å². The molecule has 0 aliphatic carbocycles. The number of ether oxygens (including phenoxy) is 1. The van der Waals surface area contributed by atoms with Crippen molar-refractivity contribution in [2.24, 2.45) is 5.73 Å². The number of pyridine rings is 1. The molecule has 0 unspecified atom stereocenters. The number of rotatable bonds is 5. The van der Waals surface area contributed by atoms with Crippen LogP contribution < -0.4 is 10.5 Å². The van der Waals surface area contributed by atoms with Crippen molar-refractivity contribution in [2.75, 3.05) is 20.7 Å². The van der Waals surface area contributed by atoms with E-state index < -0.39 is 11.9 Å². The van der Waals surface area contributed by atoms with Crippen molar-refractivity contribution in [3.63, 3.8) is 0 Å². The van der Waals surface area contributed by atoms with Gasteiger partial charge in [-0.1, -0.05) is 12.2 Å². The van der Waals surface area contributed by atoms with E-state index >= 15 is 0 Å². The predicted octanol–water partition coefficient (Wildman–Crippen LogP) is 2.45. The summed E-state index contributed by atoms with van der Waals surface area (Å²) in [6, 6.07) is 2.01. The van der Waals surface area contributed by atoms with Crippen LogP contribution in [0.2, 0.25) is 0 Å². The molecule has 0 aliphatic rings. The zero-order valence-electron chi connectivity index (χ0n) is 12.3. The quantitative estimate of drug-likeness (QED) is 0.844. The molecule has 0 spiro atoms. The van der Waals surface area contributed by atoms with Gasteiger partial charge in [0, 0.05) is 5.54 Å². The predicted molar refractivity (Wildman–Crippen MR) is 78.4 cm³/mol. The third kappa shape index (κ3) is 4.53. The van der Waals surface area contributed by atoms with E-state index in [-0.39, 0.29) is 28.6 Å². The lowest BCUT2D eigenvalue weighted by Crippen LogP contribution is -2.43. The first-order valence-corrected chi connectivity index (χ1v) is 6.54. The van der Waals surface area contributed by atoms with Crippen LogP contribution in [0.15, 0.2) is 12.1 Å². The van der Waals surface area contributed by atoms with Crippen molar-refractivity contribution in [2.45, 2.75) is 25.6 Å². The summed E-state index contributed by atoms with van der Waals surface area (Å²) in [5.74, 6) is -0.202. The summed E-state index contributed by atoms with van der Waals surface area (Å²) in [4.78, 5) is 5.32. The Balaban J connectivity index is 3.11. The highest BCUT2D eigenvalue weighted by Gasteiger charge is 2.34. The summed E-state index contributed by atoms with van der Waals surface area (Å²) >= 11 is 4.81. The first-order chi connectivity index (χ1) is 9.45. The average molecular weight is 321 g/mol. The molecule has 0 saturated carbocycles. The maximum atomic E-state index is 12.7. The zero-order chi connectivity index (χ0) is 16.4. The van der Waals surface area contributed by atoms with Crippen LogP contribution in [-0.4, -0.2) is 41.1 Å². The molecule has 0 aromatic carbocycles. The average Bonchev–Trinajstić information content (AvgIpc) is 2.34. The van der Waals surface area contributed by atoms with Crippen molar-refractivity contribution in [1.82, 2.24) is 9.88 Å². The molecule has 4 nitrogen and oxygen atoms in total. The van der Waals surface area contributed by atoms with E-state index in [0.29, 0.717) is 0 Å². The highest BCUT2D eigenvalue weighted by Crippen LogP contribution is 2.30. The summed E-state index contributed by atoms with van der Waals surface area (Å²) in [6.45, 7) is 3.92. The third-order valence-corrected chi connectivity index (χ3v) is 3.41. The third-order valence-electron chi connectivity index (χ3n) is 3.19. The monoisotopic (exact) mass is 321 g/mol. The number of halogens is 3. The zero-order valence-corrected chi connectivity index (χ0v) is 13.1. The largest absolute Gasteiger partial charge is 0.475 e. The minimum absolute atomic E-state index is 0.0612. The molecule has 0 atom stereocenters. The Morgan fingerprint density at radius 3 is 2.33 bits per heavy atom. The molecule has 0 saturated heterocycles. The Kier molecular flexibility index (Phi) is 5.16. The normalized spacial score (nSPS) is 12.6. The van der Waals surface area contributed by atoms with Crippen molar-refractivity contribution in [3.05, 3.63) is 23.4 Å². The Bertz CT molecular complexity index is 530. The van der Waals surface area contributed by atoms with E-state index in [4.69, 9.17) is 22.7 Å². The van der Waals surface area contributed by atoms with Crippen LogP contribution in [0.1, 0.15) is 25.1 Å². The van der Waals surface area contributed by atoms with Crippen molar-refractivity contribution >= 4 is 17.2 Å². The molecule has 1 aromatic heterocycles. The Morgan fingerprint density at radius 1 is 1.33 bits per heavy atom. The highest BCUT2D eigenvalue weighted by molar-refractivity contribution is 7.80. The molecule has 0 fully saturated rings. The molecule has 0 bridgehead atoms. The van der Waals surface area contributed by atoms with Gasteiger partial charge in [0.1, 0.15) is 17.3 Å². The minimum atomic E-state index is -4.55. The van der Waals surface area contributed by atoms with Gasteiger partial charge in [-0.25, -0.2) is 4.98 Å². The van der Waals surface area contributed by atoms with Gasteiger partial charge in [0.15, 0.2) is 0 Å². The van der Waals surface area contributed by atoms with Crippen molar-refractivity contribution < 1.29 is 17.9 Å². The second-order valence-electron chi connectivity index (χ2n) is 5.41. The molecule has 0 radical (unpaired) electrons. The molecule has 1 heterocycles. The number of thiocarbonyl (C=S) groups is 1. The van der Waals surface area contributed by atoms with Crippen LogP contribution in [0, 0.1) is 0 Å². The topological polar surface area (TPSA) is 51.4 Å². The Morgan fingerprint density at radius 2 is 1.90 bits per heavy atom. The number of hydrogen-bond donors (Lipinski definition) is 1. The van der Waals surface area contributed by atoms with Crippen LogP contribution in [0.4, 0.5) is 13.2 Å². The standard InChI is InChI=1S/C13H18F3N3OS/c1-12(2,19(3)4)7-20-11-8(10(17)21)5-6-9(18-11)13(14,15)16/h5-6H,7H2,1-4H3,(H2,17,21). The highest BCUT2D eigenvalue weighted by atomic mass is 32.1. The fourth-order valence-electron chi connectivity index (χ4n) is 1.27. The van der Waals surface area contributed by atoms with E-state index in [0.717, 1.165) is 6.07 Å². The molecule has 8 heteroatoms. The molecular formula is C13H18F3N3OS. The summed E-state index contributed by atoms with van der Waals surface area (Å²) in [5, 5.41) is 0. The van der Waals surface area contributed by atoms with Gasteiger partial charge in [-0.3, -0.25) is 0 Å². The summed E-state index contributed by atoms with van der Waals surface area (Å²) in [7, 11) is 3.69. The number of alkyl halides is 3. The van der Waals surface area contributed by atoms with Crippen LogP contribution in [0.3, 0.4) is 0 Å². The first kappa shape index (κ1) is 17.6. The van der Waals surface area contributed by atoms with Gasteiger partial charge in [-0.15, -0.1) is 0 Å². The lowest BCUT2D eigenvalue weighted by atomic mass is 10.1. The Hall–Kier alpha value is -1.41. The van der Waals surface area contributed by atoms with E-state index in [2.05, 4.69) is 4.98 Å². The van der Waals surface area contributed by atoms with E-state index in [9.17, 15) is 13.2 Å². The van der Waals surface area contributed by atoms with E-state index in [1.165, 1.54) is 6.07 Å². The van der Waals surface area contributed by atoms with Gasteiger partial charge in [0.05, 0.1) is 5.56 Å². The fraction of sp³-hybridized carbons (Fsp3) is 0.538. The van der Waals surface area contributed by atoms with Crippen molar-refractivity contribution in [3.8, 4) is 5.88 Å². The second-order valence-corrected chi connectivity index (χ2v) is 5.85. The molecule has 1 aromatic rings. The molecule has 2 N–H and O–H groups in total. The number of hydrogen-bond acceptors (Lipinski definition) is 4. The first-order valence-electron chi connectivity index (χ1n) is 6.13. The molecule has 118 valence electrons. The SMILES string of the molecule is CN(C)C(C)(C)COc1nc(C(F)(F)F)ccc1C(N)=S. The lowest BCUT2D eigenvalue weighted by molar-refractivity contribution is -0.141. The smallest absolute Gasteiger partial charge is 0.433 e. The Labute approximate surface area is 127 Å². The minimum Gasteiger partial charge on any atom is -0.475 e. The molecular weight excluding hydrogens is 303 g/mol. The molecule has 0 aliphatic heterocycles. The van der Waals surface area contributed by atoms with Gasteiger partial charge in [-0.05, 0) is 40.1 Å². The van der Waals surface area contributed by atoms with Gasteiger partial charge in [0.2, 0.25) is 5.88 Å².